The van der Waals surface area contributed by atoms with E-state index in [1.807, 2.05) is 18.2 Å². The number of hydrogen-bond donors (Lipinski definition) is 2. The molecule has 8 heteroatoms. The van der Waals surface area contributed by atoms with Gasteiger partial charge in [0.25, 0.3) is 5.91 Å². The Bertz CT molecular complexity index is 1080. The molecule has 1 amide bonds. The predicted octanol–water partition coefficient (Wildman–Crippen LogP) is 1.76. The maximum Gasteiger partial charge on any atom is 0.345 e. The number of benzene rings is 2. The zero-order valence-electron chi connectivity index (χ0n) is 14.1. The minimum atomic E-state index is -2.38. The Morgan fingerprint density at radius 3 is 2.52 bits per heavy atom. The van der Waals surface area contributed by atoms with Gasteiger partial charge in [-0.25, -0.2) is 9.00 Å². The maximum atomic E-state index is 12.8. The number of hydrogen-bond acceptors (Lipinski definition) is 4. The van der Waals surface area contributed by atoms with E-state index in [2.05, 4.69) is 0 Å². The van der Waals surface area contributed by atoms with Gasteiger partial charge in [-0.3, -0.25) is 8.77 Å². The highest BCUT2D eigenvalue weighted by Crippen LogP contribution is 2.31. The monoisotopic (exact) mass is 384 g/mol. The van der Waals surface area contributed by atoms with Crippen LogP contribution in [0, 0.1) is 0 Å². The number of carboxylic acids is 1. The Morgan fingerprint density at radius 2 is 1.85 bits per heavy atom. The lowest BCUT2D eigenvalue weighted by atomic mass is 10.0. The number of fused-ring (bicyclic) bond motifs is 1. The Hall–Kier alpha value is -2.97. The number of amides is 1. The maximum absolute atomic E-state index is 12.8. The molecule has 138 valence electrons. The van der Waals surface area contributed by atoms with E-state index in [9.17, 15) is 18.9 Å². The average Bonchev–Trinajstić information content (AvgIpc) is 3.23. The van der Waals surface area contributed by atoms with E-state index in [4.69, 9.17) is 5.11 Å². The Labute approximate surface area is 157 Å². The topological polar surface area (TPSA) is 99.8 Å². The van der Waals surface area contributed by atoms with Crippen LogP contribution in [0.15, 0.2) is 65.7 Å². The van der Waals surface area contributed by atoms with Gasteiger partial charge in [-0.05, 0) is 36.4 Å². The summed E-state index contributed by atoms with van der Waals surface area (Å²) < 4.78 is 14.4. The molecule has 0 spiro atoms. The van der Waals surface area contributed by atoms with E-state index in [-0.39, 0.29) is 13.0 Å². The number of carbonyl (C=O) groups is 2. The normalized spacial score (nSPS) is 20.9. The van der Waals surface area contributed by atoms with Crippen LogP contribution in [-0.4, -0.2) is 42.4 Å². The number of anilines is 1. The first-order valence-electron chi connectivity index (χ1n) is 8.28. The number of aromatic nitrogens is 1. The first kappa shape index (κ1) is 17.4. The van der Waals surface area contributed by atoms with Gasteiger partial charge in [0.1, 0.15) is 0 Å². The highest BCUT2D eigenvalue weighted by Gasteiger charge is 2.52. The van der Waals surface area contributed by atoms with Gasteiger partial charge >= 0.3 is 5.97 Å². The summed E-state index contributed by atoms with van der Waals surface area (Å²) in [4.78, 5) is 25.5. The first-order chi connectivity index (χ1) is 12.9. The fourth-order valence-corrected chi connectivity index (χ4v) is 4.35. The molecule has 1 saturated heterocycles. The molecule has 2 aromatic carbocycles. The number of aliphatic hydroxyl groups is 1. The van der Waals surface area contributed by atoms with Crippen molar-refractivity contribution in [1.29, 1.82) is 0 Å². The lowest BCUT2D eigenvalue weighted by molar-refractivity contribution is -0.162. The summed E-state index contributed by atoms with van der Waals surface area (Å²) in [5, 5.41) is 19.9. The fourth-order valence-electron chi connectivity index (χ4n) is 3.22. The van der Waals surface area contributed by atoms with Gasteiger partial charge in [0.15, 0.2) is 11.0 Å². The summed E-state index contributed by atoms with van der Waals surface area (Å²) in [6.45, 7) is 0.115. The molecular formula is C19H16N2O5S. The van der Waals surface area contributed by atoms with Crippen molar-refractivity contribution in [2.75, 3.05) is 11.4 Å². The van der Waals surface area contributed by atoms with Crippen molar-refractivity contribution in [1.82, 2.24) is 3.97 Å². The van der Waals surface area contributed by atoms with Crippen molar-refractivity contribution < 1.29 is 24.0 Å². The fraction of sp³-hybridized carbons (Fsp3) is 0.158. The smallest absolute Gasteiger partial charge is 0.345 e. The summed E-state index contributed by atoms with van der Waals surface area (Å²) in [5.74, 6) is -2.39. The molecule has 3 aromatic rings. The Balaban J connectivity index is 1.69. The first-order valence-corrected chi connectivity index (χ1v) is 9.39. The van der Waals surface area contributed by atoms with Crippen LogP contribution in [0.4, 0.5) is 5.69 Å². The van der Waals surface area contributed by atoms with E-state index in [0.717, 1.165) is 10.9 Å². The van der Waals surface area contributed by atoms with E-state index in [0.29, 0.717) is 10.6 Å². The molecule has 2 unspecified atom stereocenters. The minimum Gasteiger partial charge on any atom is -0.479 e. The molecule has 2 heterocycles. The molecule has 0 saturated carbocycles. The number of aliphatic carboxylic acids is 1. The predicted molar refractivity (Wildman–Crippen MR) is 99.7 cm³/mol. The van der Waals surface area contributed by atoms with Crippen molar-refractivity contribution in [3.05, 3.63) is 60.8 Å². The molecule has 0 bridgehead atoms. The van der Waals surface area contributed by atoms with Crippen LogP contribution in [0.5, 0.6) is 0 Å². The van der Waals surface area contributed by atoms with Crippen molar-refractivity contribution in [2.45, 2.75) is 16.9 Å². The highest BCUT2D eigenvalue weighted by atomic mass is 32.2. The van der Waals surface area contributed by atoms with Crippen LogP contribution in [0.3, 0.4) is 0 Å². The van der Waals surface area contributed by atoms with E-state index in [1.165, 1.54) is 4.90 Å². The number of rotatable bonds is 4. The SMILES string of the molecule is O=C(O)C1(O)CCN(c2ccc3c(ccn3S(=O)c3ccccc3)c2)C1=O. The zero-order chi connectivity index (χ0) is 19.2. The molecule has 2 atom stereocenters. The minimum absolute atomic E-state index is 0.115. The van der Waals surface area contributed by atoms with Gasteiger partial charge < -0.3 is 15.1 Å². The zero-order valence-corrected chi connectivity index (χ0v) is 14.9. The third kappa shape index (κ3) is 2.73. The van der Waals surface area contributed by atoms with Crippen LogP contribution < -0.4 is 4.90 Å². The molecule has 1 aliphatic rings. The van der Waals surface area contributed by atoms with Crippen LogP contribution in [0.25, 0.3) is 10.9 Å². The quantitative estimate of drug-likeness (QED) is 0.668. The summed E-state index contributed by atoms with van der Waals surface area (Å²) in [6.07, 6.45) is 1.54. The van der Waals surface area contributed by atoms with Gasteiger partial charge in [0.2, 0.25) is 5.60 Å². The van der Waals surface area contributed by atoms with E-state index >= 15 is 0 Å². The van der Waals surface area contributed by atoms with Crippen LogP contribution >= 0.6 is 0 Å². The molecular weight excluding hydrogens is 368 g/mol. The van der Waals surface area contributed by atoms with Gasteiger partial charge in [0.05, 0.1) is 10.4 Å². The molecule has 4 rings (SSSR count). The second-order valence-corrected chi connectivity index (χ2v) is 7.68. The van der Waals surface area contributed by atoms with Crippen molar-refractivity contribution in [3.63, 3.8) is 0 Å². The van der Waals surface area contributed by atoms with Crippen molar-refractivity contribution in [2.24, 2.45) is 0 Å². The molecule has 1 fully saturated rings. The Kier molecular flexibility index (Phi) is 4.09. The van der Waals surface area contributed by atoms with Crippen molar-refractivity contribution in [3.8, 4) is 0 Å². The summed E-state index contributed by atoms with van der Waals surface area (Å²) in [7, 11) is -1.41. The van der Waals surface area contributed by atoms with Crippen LogP contribution in [-0.2, 0) is 20.6 Å². The van der Waals surface area contributed by atoms with Gasteiger partial charge in [0, 0.05) is 30.2 Å². The van der Waals surface area contributed by atoms with Crippen LogP contribution in [0.2, 0.25) is 0 Å². The van der Waals surface area contributed by atoms with E-state index in [1.54, 1.807) is 46.6 Å². The third-order valence-corrected chi connectivity index (χ3v) is 6.07. The molecule has 0 radical (unpaired) electrons. The molecule has 1 aliphatic heterocycles. The van der Waals surface area contributed by atoms with Crippen LogP contribution in [0.1, 0.15) is 6.42 Å². The van der Waals surface area contributed by atoms with Crippen molar-refractivity contribution >= 4 is 39.5 Å². The van der Waals surface area contributed by atoms with Gasteiger partial charge in [-0.15, -0.1) is 0 Å². The van der Waals surface area contributed by atoms with Gasteiger partial charge in [-0.2, -0.15) is 0 Å². The number of carboxylic acid groups (broad SMARTS) is 1. The summed E-state index contributed by atoms with van der Waals surface area (Å²) in [5.41, 5.74) is -1.16. The molecule has 2 N–H and O–H groups in total. The number of carbonyl (C=O) groups excluding carboxylic acids is 1. The summed E-state index contributed by atoms with van der Waals surface area (Å²) in [6, 6.07) is 16.0. The molecule has 0 aliphatic carbocycles. The lowest BCUT2D eigenvalue weighted by Gasteiger charge is -2.19. The molecule has 27 heavy (non-hydrogen) atoms. The number of nitrogens with zero attached hydrogens (tertiary/aromatic N) is 2. The average molecular weight is 384 g/mol. The highest BCUT2D eigenvalue weighted by molar-refractivity contribution is 7.83. The molecule has 1 aromatic heterocycles. The summed E-state index contributed by atoms with van der Waals surface area (Å²) >= 11 is 0. The largest absolute Gasteiger partial charge is 0.479 e. The third-order valence-electron chi connectivity index (χ3n) is 4.72. The van der Waals surface area contributed by atoms with E-state index < -0.39 is 28.5 Å². The lowest BCUT2D eigenvalue weighted by Crippen LogP contribution is -2.46. The molecule has 7 nitrogen and oxygen atoms in total. The second-order valence-electron chi connectivity index (χ2n) is 6.32. The second kappa shape index (κ2) is 6.33. The standard InChI is InChI=1S/C19H16N2O5S/c22-17-19(25,18(23)24)9-11-20(17)14-6-7-16-13(12-14)8-10-21(16)27(26)15-4-2-1-3-5-15/h1-8,10,12,25H,9,11H2,(H,23,24). The van der Waals surface area contributed by atoms with Gasteiger partial charge in [-0.1, -0.05) is 18.2 Å². The Morgan fingerprint density at radius 1 is 1.11 bits per heavy atom.